The minimum Gasteiger partial charge on any atom is -0.354 e. The van der Waals surface area contributed by atoms with Crippen LogP contribution in [0.3, 0.4) is 0 Å². The standard InChI is InChI=1S/C12H21N3O2/c1-12(4-6-13-7-5-12)11(17)15-9-2-3-10(16)14-8-9/h9,13H,2-8H2,1H3,(H,14,16)(H,15,17). The van der Waals surface area contributed by atoms with E-state index in [-0.39, 0.29) is 23.3 Å². The highest BCUT2D eigenvalue weighted by atomic mass is 16.2. The normalized spacial score (nSPS) is 28.3. The van der Waals surface area contributed by atoms with Gasteiger partial charge in [-0.1, -0.05) is 6.92 Å². The molecule has 0 spiro atoms. The average molecular weight is 239 g/mol. The minimum atomic E-state index is -0.243. The van der Waals surface area contributed by atoms with Crippen molar-refractivity contribution in [2.75, 3.05) is 19.6 Å². The van der Waals surface area contributed by atoms with Crippen molar-refractivity contribution in [3.8, 4) is 0 Å². The van der Waals surface area contributed by atoms with Crippen LogP contribution in [-0.4, -0.2) is 37.5 Å². The highest BCUT2D eigenvalue weighted by Crippen LogP contribution is 2.28. The number of carbonyl (C=O) groups excluding carboxylic acids is 2. The maximum Gasteiger partial charge on any atom is 0.226 e. The molecule has 2 aliphatic rings. The fourth-order valence-electron chi connectivity index (χ4n) is 2.42. The molecule has 2 aliphatic heterocycles. The molecular weight excluding hydrogens is 218 g/mol. The molecule has 2 saturated heterocycles. The Morgan fingerprint density at radius 3 is 2.71 bits per heavy atom. The Morgan fingerprint density at radius 2 is 2.12 bits per heavy atom. The fraction of sp³-hybridized carbons (Fsp3) is 0.833. The zero-order valence-electron chi connectivity index (χ0n) is 10.3. The van der Waals surface area contributed by atoms with Crippen molar-refractivity contribution in [3.63, 3.8) is 0 Å². The number of amides is 2. The molecular formula is C12H21N3O2. The molecule has 0 aliphatic carbocycles. The van der Waals surface area contributed by atoms with Crippen molar-refractivity contribution in [1.82, 2.24) is 16.0 Å². The number of piperidine rings is 2. The van der Waals surface area contributed by atoms with Crippen molar-refractivity contribution in [1.29, 1.82) is 0 Å². The van der Waals surface area contributed by atoms with Crippen molar-refractivity contribution < 1.29 is 9.59 Å². The van der Waals surface area contributed by atoms with Gasteiger partial charge in [-0.25, -0.2) is 0 Å². The second-order valence-electron chi connectivity index (χ2n) is 5.32. The monoisotopic (exact) mass is 239 g/mol. The molecule has 0 aromatic rings. The van der Waals surface area contributed by atoms with Crippen molar-refractivity contribution in [2.45, 2.75) is 38.6 Å². The summed E-state index contributed by atoms with van der Waals surface area (Å²) in [6, 6.07) is 0.104. The smallest absolute Gasteiger partial charge is 0.226 e. The number of rotatable bonds is 2. The molecule has 17 heavy (non-hydrogen) atoms. The molecule has 2 heterocycles. The third-order valence-electron chi connectivity index (χ3n) is 3.86. The molecule has 0 aromatic carbocycles. The molecule has 0 bridgehead atoms. The summed E-state index contributed by atoms with van der Waals surface area (Å²) in [4.78, 5) is 23.2. The van der Waals surface area contributed by atoms with Gasteiger partial charge in [0.05, 0.1) is 0 Å². The second-order valence-corrected chi connectivity index (χ2v) is 5.32. The summed E-state index contributed by atoms with van der Waals surface area (Å²) in [7, 11) is 0. The first kappa shape index (κ1) is 12.4. The van der Waals surface area contributed by atoms with Gasteiger partial charge in [0.15, 0.2) is 0 Å². The van der Waals surface area contributed by atoms with Crippen LogP contribution in [0, 0.1) is 5.41 Å². The highest BCUT2D eigenvalue weighted by molar-refractivity contribution is 5.83. The third kappa shape index (κ3) is 2.97. The number of nitrogens with one attached hydrogen (secondary N) is 3. The fourth-order valence-corrected chi connectivity index (χ4v) is 2.42. The lowest BCUT2D eigenvalue weighted by Gasteiger charge is -2.35. The lowest BCUT2D eigenvalue weighted by Crippen LogP contribution is -2.53. The van der Waals surface area contributed by atoms with Gasteiger partial charge in [-0.15, -0.1) is 0 Å². The molecule has 3 N–H and O–H groups in total. The highest BCUT2D eigenvalue weighted by Gasteiger charge is 2.35. The largest absolute Gasteiger partial charge is 0.354 e. The maximum atomic E-state index is 12.2. The van der Waals surface area contributed by atoms with E-state index in [4.69, 9.17) is 0 Å². The van der Waals surface area contributed by atoms with Gasteiger partial charge in [-0.2, -0.15) is 0 Å². The number of hydrogen-bond donors (Lipinski definition) is 3. The number of carbonyl (C=O) groups is 2. The SMILES string of the molecule is CC1(C(=O)NC2CCC(=O)NC2)CCNCC1. The zero-order valence-corrected chi connectivity index (χ0v) is 10.3. The Hall–Kier alpha value is -1.10. The van der Waals surface area contributed by atoms with Gasteiger partial charge < -0.3 is 16.0 Å². The van der Waals surface area contributed by atoms with Crippen LogP contribution in [0.2, 0.25) is 0 Å². The Morgan fingerprint density at radius 1 is 1.41 bits per heavy atom. The van der Waals surface area contributed by atoms with Gasteiger partial charge in [-0.05, 0) is 32.4 Å². The van der Waals surface area contributed by atoms with Crippen molar-refractivity contribution >= 4 is 11.8 Å². The Bertz CT molecular complexity index is 301. The van der Waals surface area contributed by atoms with E-state index in [0.29, 0.717) is 13.0 Å². The Balaban J connectivity index is 1.85. The van der Waals surface area contributed by atoms with E-state index < -0.39 is 0 Å². The van der Waals surface area contributed by atoms with E-state index >= 15 is 0 Å². The Kier molecular flexibility index (Phi) is 3.66. The minimum absolute atomic E-state index is 0.0866. The van der Waals surface area contributed by atoms with Crippen LogP contribution in [0.1, 0.15) is 32.6 Å². The van der Waals surface area contributed by atoms with Gasteiger partial charge in [0.2, 0.25) is 11.8 Å². The van der Waals surface area contributed by atoms with Crippen LogP contribution >= 0.6 is 0 Å². The molecule has 5 heteroatoms. The van der Waals surface area contributed by atoms with Gasteiger partial charge >= 0.3 is 0 Å². The van der Waals surface area contributed by atoms with Gasteiger partial charge in [0.25, 0.3) is 0 Å². The average Bonchev–Trinajstić information content (AvgIpc) is 2.33. The first-order chi connectivity index (χ1) is 8.10. The molecule has 5 nitrogen and oxygen atoms in total. The first-order valence-corrected chi connectivity index (χ1v) is 6.38. The second kappa shape index (κ2) is 5.04. The van der Waals surface area contributed by atoms with Crippen LogP contribution < -0.4 is 16.0 Å². The summed E-state index contributed by atoms with van der Waals surface area (Å²) in [5, 5.41) is 9.12. The molecule has 2 fully saturated rings. The van der Waals surface area contributed by atoms with E-state index in [9.17, 15) is 9.59 Å². The van der Waals surface area contributed by atoms with Gasteiger partial charge in [-0.3, -0.25) is 9.59 Å². The lowest BCUT2D eigenvalue weighted by atomic mass is 9.80. The topological polar surface area (TPSA) is 70.2 Å². The molecule has 1 atom stereocenters. The molecule has 1 unspecified atom stereocenters. The predicted octanol–water partition coefficient (Wildman–Crippen LogP) is -0.229. The van der Waals surface area contributed by atoms with Crippen LogP contribution in [-0.2, 0) is 9.59 Å². The molecule has 0 saturated carbocycles. The molecule has 96 valence electrons. The summed E-state index contributed by atoms with van der Waals surface area (Å²) < 4.78 is 0. The zero-order chi connectivity index (χ0) is 12.3. The van der Waals surface area contributed by atoms with Crippen LogP contribution in [0.25, 0.3) is 0 Å². The van der Waals surface area contributed by atoms with E-state index in [1.807, 2.05) is 6.92 Å². The van der Waals surface area contributed by atoms with E-state index in [0.717, 1.165) is 32.4 Å². The van der Waals surface area contributed by atoms with Gasteiger partial charge in [0.1, 0.15) is 0 Å². The summed E-state index contributed by atoms with van der Waals surface area (Å²) in [6.07, 6.45) is 3.05. The quantitative estimate of drug-likeness (QED) is 0.623. The Labute approximate surface area is 102 Å². The summed E-state index contributed by atoms with van der Waals surface area (Å²) in [6.45, 7) is 4.42. The molecule has 0 radical (unpaired) electrons. The first-order valence-electron chi connectivity index (χ1n) is 6.38. The molecule has 0 aromatic heterocycles. The molecule has 2 rings (SSSR count). The number of hydrogen-bond acceptors (Lipinski definition) is 3. The van der Waals surface area contributed by atoms with E-state index in [1.54, 1.807) is 0 Å². The predicted molar refractivity (Wildman–Crippen MR) is 64.4 cm³/mol. The van der Waals surface area contributed by atoms with E-state index in [2.05, 4.69) is 16.0 Å². The van der Waals surface area contributed by atoms with E-state index in [1.165, 1.54) is 0 Å². The summed E-state index contributed by atoms with van der Waals surface area (Å²) >= 11 is 0. The van der Waals surface area contributed by atoms with Crippen molar-refractivity contribution in [2.24, 2.45) is 5.41 Å². The summed E-state index contributed by atoms with van der Waals surface area (Å²) in [5.41, 5.74) is -0.243. The van der Waals surface area contributed by atoms with Gasteiger partial charge in [0, 0.05) is 24.4 Å². The van der Waals surface area contributed by atoms with Crippen LogP contribution in [0.5, 0.6) is 0 Å². The van der Waals surface area contributed by atoms with Crippen molar-refractivity contribution in [3.05, 3.63) is 0 Å². The van der Waals surface area contributed by atoms with Crippen LogP contribution in [0.15, 0.2) is 0 Å². The molecule has 2 amide bonds. The summed E-state index contributed by atoms with van der Waals surface area (Å²) in [5.74, 6) is 0.226. The third-order valence-corrected chi connectivity index (χ3v) is 3.86. The lowest BCUT2D eigenvalue weighted by molar-refractivity contribution is -0.133. The van der Waals surface area contributed by atoms with Crippen LogP contribution in [0.4, 0.5) is 0 Å². The maximum absolute atomic E-state index is 12.2.